The van der Waals surface area contributed by atoms with Crippen molar-refractivity contribution in [2.45, 2.75) is 264 Å². The summed E-state index contributed by atoms with van der Waals surface area (Å²) in [4.78, 5) is 42.9. The Kier molecular flexibility index (Phi) is 28.3. The van der Waals surface area contributed by atoms with Crippen molar-refractivity contribution in [2.24, 2.45) is 23.7 Å². The number of cyclic esters (lactones) is 1. The molecule has 0 amide bonds. The number of carbonyl (C=O) groups is 3. The van der Waals surface area contributed by atoms with Crippen LogP contribution in [0.4, 0.5) is 0 Å². The summed E-state index contributed by atoms with van der Waals surface area (Å²) in [5.41, 5.74) is -4.92. The first kappa shape index (κ1) is 65.4. The molecule has 19 atom stereocenters. The molecule has 3 rings (SSSR count). The normalized spacial score (nSPS) is 39.2. The minimum absolute atomic E-state index is 0.0760. The SMILES string of the molecule is CCC(=O)O[C@H]1[C@H](OC2[C@@H](C)[C@H](OC3C[C@@](C)(OC)[C@@H](O)C(C)O3)[C@@H](C)C(=O)OC(CC)[C@@](C)(O)C(O)C(C)C(=O)[C@H](C)C[C@@]2(C)O)OC(C)C[C@@H]1N(C)C.CCCCCCCCCCCCOS(=O)O. The van der Waals surface area contributed by atoms with Gasteiger partial charge in [-0.25, -0.2) is 0 Å². The van der Waals surface area contributed by atoms with E-state index < -0.39 is 125 Å². The van der Waals surface area contributed by atoms with Crippen molar-refractivity contribution < 1.29 is 80.9 Å². The van der Waals surface area contributed by atoms with E-state index >= 15 is 0 Å². The highest BCUT2D eigenvalue weighted by atomic mass is 32.2. The van der Waals surface area contributed by atoms with Crippen LogP contribution in [-0.4, -0.2) is 164 Å². The van der Waals surface area contributed by atoms with E-state index in [0.717, 1.165) is 12.8 Å². The van der Waals surface area contributed by atoms with Gasteiger partial charge in [-0.15, -0.1) is 0 Å². The highest BCUT2D eigenvalue weighted by Crippen LogP contribution is 2.41. The van der Waals surface area contributed by atoms with Gasteiger partial charge in [-0.1, -0.05) is 99.3 Å². The number of nitrogens with zero attached hydrogens (tertiary/aromatic N) is 1. The number of aliphatic hydroxyl groups is 4. The van der Waals surface area contributed by atoms with Crippen LogP contribution in [0.25, 0.3) is 0 Å². The first-order valence-electron chi connectivity index (χ1n) is 26.5. The Morgan fingerprint density at radius 2 is 1.38 bits per heavy atom. The van der Waals surface area contributed by atoms with Crippen molar-refractivity contribution in [2.75, 3.05) is 27.8 Å². The fourth-order valence-corrected chi connectivity index (χ4v) is 10.7. The number of aliphatic hydroxyl groups excluding tert-OH is 2. The number of likely N-dealkylation sites (N-methyl/N-ethyl adjacent to an activating group) is 1. The highest BCUT2D eigenvalue weighted by Gasteiger charge is 2.54. The van der Waals surface area contributed by atoms with E-state index in [1.807, 2.05) is 25.9 Å². The number of esters is 2. The first-order chi connectivity index (χ1) is 33.1. The van der Waals surface area contributed by atoms with Gasteiger partial charge in [0, 0.05) is 37.7 Å². The van der Waals surface area contributed by atoms with Gasteiger partial charge in [0.2, 0.25) is 0 Å². The van der Waals surface area contributed by atoms with Gasteiger partial charge in [0.25, 0.3) is 0 Å². The summed E-state index contributed by atoms with van der Waals surface area (Å²) in [6.45, 7) is 20.6. The molecule has 0 radical (unpaired) electrons. The fraction of sp³-hybridized carbons (Fsp3) is 0.942. The van der Waals surface area contributed by atoms with Gasteiger partial charge < -0.3 is 58.5 Å². The van der Waals surface area contributed by atoms with E-state index in [0.29, 0.717) is 13.0 Å². The van der Waals surface area contributed by atoms with Gasteiger partial charge in [0.15, 0.2) is 18.7 Å². The van der Waals surface area contributed by atoms with E-state index in [-0.39, 0.29) is 37.8 Å². The molecule has 0 aromatic rings. The molecule has 0 aliphatic carbocycles. The molecule has 3 fully saturated rings. The van der Waals surface area contributed by atoms with E-state index in [2.05, 4.69) is 11.1 Å². The summed E-state index contributed by atoms with van der Waals surface area (Å²) in [5.74, 6) is -5.59. The summed E-state index contributed by atoms with van der Waals surface area (Å²) in [7, 11) is 5.21. The number of ketones is 1. The average molecular weight is 1040 g/mol. The molecule has 8 unspecified atom stereocenters. The van der Waals surface area contributed by atoms with Crippen LogP contribution in [0, 0.1) is 23.7 Å². The maximum absolute atomic E-state index is 14.2. The minimum atomic E-state index is -2.08. The van der Waals surface area contributed by atoms with Crippen molar-refractivity contribution in [1.82, 2.24) is 4.90 Å². The lowest BCUT2D eigenvalue weighted by molar-refractivity contribution is -0.319. The number of carbonyl (C=O) groups excluding carboxylic acids is 3. The second-order valence-electron chi connectivity index (χ2n) is 21.5. The van der Waals surface area contributed by atoms with Crippen molar-refractivity contribution >= 4 is 29.1 Å². The number of Topliss-reactive ketones (excluding diaryl/α,β-unsaturated/α-hetero) is 1. The molecule has 3 aliphatic heterocycles. The van der Waals surface area contributed by atoms with Crippen LogP contribution in [0.2, 0.25) is 0 Å². The largest absolute Gasteiger partial charge is 0.459 e. The molecule has 0 aromatic heterocycles. The number of hydrogen-bond donors (Lipinski definition) is 5. The Morgan fingerprint density at radius 3 is 1.90 bits per heavy atom. The smallest absolute Gasteiger partial charge is 0.311 e. The van der Waals surface area contributed by atoms with Crippen molar-refractivity contribution in [3.05, 3.63) is 0 Å². The predicted octanol–water partition coefficient (Wildman–Crippen LogP) is 6.81. The second kappa shape index (κ2) is 30.7. The molecule has 3 heterocycles. The quantitative estimate of drug-likeness (QED) is 0.0450. The molecule has 0 bridgehead atoms. The fourth-order valence-electron chi connectivity index (χ4n) is 10.5. The lowest BCUT2D eigenvalue weighted by Gasteiger charge is -2.49. The topological polar surface area (TPSA) is 247 Å². The summed E-state index contributed by atoms with van der Waals surface area (Å²) in [5, 5.41) is 46.6. The predicted molar refractivity (Wildman–Crippen MR) is 269 cm³/mol. The third kappa shape index (κ3) is 19.4. The van der Waals surface area contributed by atoms with Gasteiger partial charge in [-0.05, 0) is 81.3 Å². The van der Waals surface area contributed by atoms with Crippen molar-refractivity contribution in [1.29, 1.82) is 0 Å². The number of hydrogen-bond acceptors (Lipinski definition) is 17. The van der Waals surface area contributed by atoms with Crippen molar-refractivity contribution in [3.63, 3.8) is 0 Å². The average Bonchev–Trinajstić information content (AvgIpc) is 3.31. The van der Waals surface area contributed by atoms with Gasteiger partial charge in [-0.2, -0.15) is 4.21 Å². The summed E-state index contributed by atoms with van der Waals surface area (Å²) >= 11 is -2.08. The Hall–Kier alpha value is -1.72. The van der Waals surface area contributed by atoms with Crippen LogP contribution in [0.15, 0.2) is 0 Å². The Balaban J connectivity index is 0.000000920. The summed E-state index contributed by atoms with van der Waals surface area (Å²) in [6, 6.07) is -0.319. The van der Waals surface area contributed by atoms with E-state index in [4.69, 9.17) is 37.7 Å². The van der Waals surface area contributed by atoms with Crippen molar-refractivity contribution in [3.8, 4) is 0 Å². The second-order valence-corrected chi connectivity index (χ2v) is 22.2. The number of rotatable bonds is 21. The van der Waals surface area contributed by atoms with Crippen LogP contribution < -0.4 is 0 Å². The summed E-state index contributed by atoms with van der Waals surface area (Å²) in [6.07, 6.45) is 2.95. The number of ether oxygens (including phenoxy) is 7. The Bertz CT molecular complexity index is 1600. The molecule has 19 heteroatoms. The molecule has 18 nitrogen and oxygen atoms in total. The van der Waals surface area contributed by atoms with E-state index in [1.165, 1.54) is 79.2 Å². The van der Waals surface area contributed by atoms with Gasteiger partial charge >= 0.3 is 23.3 Å². The van der Waals surface area contributed by atoms with Gasteiger partial charge in [-0.3, -0.25) is 23.1 Å². The molecule has 0 saturated carbocycles. The molecule has 0 aromatic carbocycles. The maximum Gasteiger partial charge on any atom is 0.311 e. The molecular formula is C52H97NO17S. The third-order valence-corrected chi connectivity index (χ3v) is 15.4. The van der Waals surface area contributed by atoms with E-state index in [1.54, 1.807) is 48.5 Å². The first-order valence-corrected chi connectivity index (χ1v) is 27.5. The monoisotopic (exact) mass is 1040 g/mol. The molecular weight excluding hydrogens is 943 g/mol. The molecule has 3 aliphatic rings. The zero-order chi connectivity index (χ0) is 54.0. The van der Waals surface area contributed by atoms with Crippen LogP contribution in [0.3, 0.4) is 0 Å². The van der Waals surface area contributed by atoms with E-state index in [9.17, 15) is 39.0 Å². The molecule has 0 spiro atoms. The lowest BCUT2D eigenvalue weighted by atomic mass is 9.74. The maximum atomic E-state index is 14.2. The standard InChI is InChI=1S/C40H71NO14.C12H26O3S/c1-15-27-40(11,48)33(44)22(5)30(43)20(3)18-38(9,47)35(55-37-32(53-28(42)16-2)26(41(12)13)17-21(4)50-37)23(6)31(24(7)36(46)52-27)54-29-19-39(10,49-14)34(45)25(8)51-29;1-2-3-4-5-6-7-8-9-10-11-12-15-16(13)14/h20-27,29,31-35,37,44-45,47-48H,15-19H2,1-14H3;2-12H2,1H3,(H,13,14)/t20-,21?,22?,23+,24-,25?,26+,27?,29?,31+,32-,33?,34+,35?,37+,38-,39-,40-;/m1./s1. The molecule has 3 saturated heterocycles. The highest BCUT2D eigenvalue weighted by molar-refractivity contribution is 7.74. The third-order valence-electron chi connectivity index (χ3n) is 15.0. The summed E-state index contributed by atoms with van der Waals surface area (Å²) < 4.78 is 66.6. The number of methoxy groups -OCH3 is 1. The molecule has 418 valence electrons. The minimum Gasteiger partial charge on any atom is -0.459 e. The molecule has 5 N–H and O–H groups in total. The zero-order valence-electron chi connectivity index (χ0n) is 46.0. The van der Waals surface area contributed by atoms with Crippen LogP contribution in [0.5, 0.6) is 0 Å². The van der Waals surface area contributed by atoms with Crippen LogP contribution >= 0.6 is 0 Å². The van der Waals surface area contributed by atoms with Crippen LogP contribution in [-0.2, 0) is 63.1 Å². The van der Waals surface area contributed by atoms with Crippen LogP contribution in [0.1, 0.15) is 179 Å². The lowest BCUT2D eigenvalue weighted by Crippen LogP contribution is -2.61. The van der Waals surface area contributed by atoms with Gasteiger partial charge in [0.1, 0.15) is 23.6 Å². The molecule has 71 heavy (non-hydrogen) atoms. The Morgan fingerprint density at radius 1 is 0.803 bits per heavy atom. The number of unbranched alkanes of at least 4 members (excludes halogenated alkanes) is 9. The van der Waals surface area contributed by atoms with Gasteiger partial charge in [0.05, 0.1) is 60.3 Å². The Labute approximate surface area is 428 Å². The zero-order valence-corrected chi connectivity index (χ0v) is 46.8.